The molecule has 0 spiro atoms. The van der Waals surface area contributed by atoms with Crippen molar-refractivity contribution in [2.45, 2.75) is 38.0 Å². The number of nitrogens with zero attached hydrogens (tertiary/aromatic N) is 6. The Morgan fingerprint density at radius 3 is 2.75 bits per heavy atom. The average molecular weight is 542 g/mol. The minimum Gasteiger partial charge on any atom is -0.508 e. The number of benzene rings is 2. The van der Waals surface area contributed by atoms with E-state index in [0.717, 1.165) is 47.6 Å². The fourth-order valence-electron chi connectivity index (χ4n) is 5.73. The van der Waals surface area contributed by atoms with Crippen molar-refractivity contribution in [3.8, 4) is 5.75 Å². The molecule has 0 aliphatic carbocycles. The third-order valence-corrected chi connectivity index (χ3v) is 7.78. The first kappa shape index (κ1) is 26.4. The number of phenolic OH excluding ortho intramolecular Hbond substituents is 1. The maximum atomic E-state index is 12.6. The molecule has 0 saturated carbocycles. The smallest absolute Gasteiger partial charge is 0.225 e. The second-order valence-corrected chi connectivity index (χ2v) is 10.5. The van der Waals surface area contributed by atoms with Crippen LogP contribution in [0.1, 0.15) is 49.1 Å². The molecule has 0 radical (unpaired) electrons. The van der Waals surface area contributed by atoms with Crippen molar-refractivity contribution in [3.63, 3.8) is 0 Å². The van der Waals surface area contributed by atoms with E-state index < -0.39 is 0 Å². The zero-order valence-electron chi connectivity index (χ0n) is 22.5. The van der Waals surface area contributed by atoms with Crippen LogP contribution >= 0.6 is 0 Å². The van der Waals surface area contributed by atoms with Gasteiger partial charge >= 0.3 is 0 Å². The first-order chi connectivity index (χ1) is 19.6. The van der Waals surface area contributed by atoms with Gasteiger partial charge in [0.1, 0.15) is 23.8 Å². The fraction of sp³-hybridized carbons (Fsp3) is 0.400. The Morgan fingerprint density at radius 2 is 1.93 bits per heavy atom. The number of ether oxygens (including phenoxy) is 1. The van der Waals surface area contributed by atoms with Gasteiger partial charge in [0.15, 0.2) is 5.65 Å². The van der Waals surface area contributed by atoms with Crippen LogP contribution in [0.15, 0.2) is 67.4 Å². The van der Waals surface area contributed by atoms with Crippen LogP contribution < -0.4 is 5.32 Å². The number of hydrogen-bond donors (Lipinski definition) is 2. The van der Waals surface area contributed by atoms with Crippen LogP contribution in [0.2, 0.25) is 0 Å². The third-order valence-electron chi connectivity index (χ3n) is 7.78. The van der Waals surface area contributed by atoms with Crippen molar-refractivity contribution in [1.29, 1.82) is 0 Å². The monoisotopic (exact) mass is 541 g/mol. The van der Waals surface area contributed by atoms with E-state index in [-0.39, 0.29) is 23.9 Å². The zero-order valence-corrected chi connectivity index (χ0v) is 22.5. The van der Waals surface area contributed by atoms with E-state index in [2.05, 4.69) is 46.8 Å². The average Bonchev–Trinajstić information content (AvgIpc) is 3.42. The summed E-state index contributed by atoms with van der Waals surface area (Å²) in [6, 6.07) is 15.3. The molecular formula is C30H35N7O3. The number of likely N-dealkylation sites (tertiary alicyclic amines) is 1. The summed E-state index contributed by atoms with van der Waals surface area (Å²) in [5, 5.41) is 13.1. The number of amides is 1. The van der Waals surface area contributed by atoms with Crippen molar-refractivity contribution >= 4 is 22.8 Å². The number of aromatic nitrogens is 4. The number of piperidine rings is 1. The Kier molecular flexibility index (Phi) is 7.99. The van der Waals surface area contributed by atoms with Gasteiger partial charge in [0, 0.05) is 31.7 Å². The normalized spacial score (nSPS) is 19.4. The zero-order chi connectivity index (χ0) is 27.3. The number of fused-ring (bicyclic) bond motifs is 1. The summed E-state index contributed by atoms with van der Waals surface area (Å²) in [5.74, 6) is 0.259. The number of nitrogens with one attached hydrogen (secondary N) is 1. The molecule has 2 unspecified atom stereocenters. The van der Waals surface area contributed by atoms with E-state index in [9.17, 15) is 9.90 Å². The highest BCUT2D eigenvalue weighted by Crippen LogP contribution is 2.33. The lowest BCUT2D eigenvalue weighted by Crippen LogP contribution is -2.43. The van der Waals surface area contributed by atoms with Crippen LogP contribution in [-0.4, -0.2) is 79.7 Å². The van der Waals surface area contributed by atoms with Crippen LogP contribution in [0.25, 0.3) is 11.2 Å². The highest BCUT2D eigenvalue weighted by atomic mass is 16.5. The number of phenols is 1. The van der Waals surface area contributed by atoms with Gasteiger partial charge in [0.25, 0.3) is 0 Å². The van der Waals surface area contributed by atoms with Crippen LogP contribution in [0, 0.1) is 0 Å². The largest absolute Gasteiger partial charge is 0.508 e. The van der Waals surface area contributed by atoms with E-state index in [1.165, 1.54) is 25.6 Å². The number of hydrogen-bond acceptors (Lipinski definition) is 8. The SMILES string of the molecule is O=C(CCN1CCCCC1)Nc1ccc(C(N2CCOC(c3cccc(O)c3)C2)n2cnc3cncnc32)cc1. The molecule has 0 bridgehead atoms. The summed E-state index contributed by atoms with van der Waals surface area (Å²) in [7, 11) is 0. The number of morpholine rings is 1. The highest BCUT2D eigenvalue weighted by molar-refractivity contribution is 5.90. The second kappa shape index (κ2) is 12.1. The van der Waals surface area contributed by atoms with E-state index in [4.69, 9.17) is 4.74 Å². The van der Waals surface area contributed by atoms with Gasteiger partial charge in [0.2, 0.25) is 5.91 Å². The van der Waals surface area contributed by atoms with Gasteiger partial charge in [-0.3, -0.25) is 14.3 Å². The summed E-state index contributed by atoms with van der Waals surface area (Å²) in [4.78, 5) is 30.6. The number of rotatable bonds is 8. The molecular weight excluding hydrogens is 506 g/mol. The molecule has 2 N–H and O–H groups in total. The third kappa shape index (κ3) is 5.99. The van der Waals surface area contributed by atoms with Gasteiger partial charge in [-0.15, -0.1) is 0 Å². The topological polar surface area (TPSA) is 109 Å². The van der Waals surface area contributed by atoms with Crippen molar-refractivity contribution in [2.75, 3.05) is 44.6 Å². The van der Waals surface area contributed by atoms with Gasteiger partial charge in [-0.25, -0.2) is 15.0 Å². The number of imidazole rings is 1. The molecule has 208 valence electrons. The molecule has 2 fully saturated rings. The minimum atomic E-state index is -0.201. The van der Waals surface area contributed by atoms with E-state index >= 15 is 0 Å². The Labute approximate surface area is 233 Å². The Bertz CT molecular complexity index is 1430. The molecule has 2 aromatic carbocycles. The van der Waals surface area contributed by atoms with Crippen molar-refractivity contribution in [1.82, 2.24) is 29.3 Å². The molecule has 40 heavy (non-hydrogen) atoms. The first-order valence-electron chi connectivity index (χ1n) is 14.0. The number of carbonyl (C=O) groups is 1. The fourth-order valence-corrected chi connectivity index (χ4v) is 5.73. The molecule has 6 rings (SSSR count). The molecule has 2 aliphatic heterocycles. The Balaban J connectivity index is 1.22. The van der Waals surface area contributed by atoms with Crippen LogP contribution in [0.3, 0.4) is 0 Å². The molecule has 2 atom stereocenters. The summed E-state index contributed by atoms with van der Waals surface area (Å²) >= 11 is 0. The van der Waals surface area contributed by atoms with Crippen molar-refractivity contribution < 1.29 is 14.6 Å². The predicted octanol–water partition coefficient (Wildman–Crippen LogP) is 3.97. The van der Waals surface area contributed by atoms with Crippen molar-refractivity contribution in [2.24, 2.45) is 0 Å². The maximum Gasteiger partial charge on any atom is 0.225 e. The molecule has 4 heterocycles. The lowest BCUT2D eigenvalue weighted by Gasteiger charge is -2.39. The molecule has 10 heteroatoms. The molecule has 4 aromatic rings. The van der Waals surface area contributed by atoms with Gasteiger partial charge in [-0.1, -0.05) is 30.7 Å². The summed E-state index contributed by atoms with van der Waals surface area (Å²) in [6.45, 7) is 4.85. The maximum absolute atomic E-state index is 12.6. The molecule has 2 saturated heterocycles. The minimum absolute atomic E-state index is 0.0364. The van der Waals surface area contributed by atoms with E-state index in [1.54, 1.807) is 24.7 Å². The summed E-state index contributed by atoms with van der Waals surface area (Å²) in [5.41, 5.74) is 4.23. The van der Waals surface area contributed by atoms with Crippen LogP contribution in [0.4, 0.5) is 5.69 Å². The number of aromatic hydroxyl groups is 1. The molecule has 1 amide bonds. The van der Waals surface area contributed by atoms with Gasteiger partial charge < -0.3 is 20.1 Å². The standard InChI is InChI=1S/C30H35N7O3/c38-25-6-4-5-23(17-25)27-19-36(15-16-40-27)30(37-21-33-26-18-31-20-32-29(26)37)22-7-9-24(10-8-22)34-28(39)11-14-35-12-2-1-3-13-35/h4-10,17-18,20-21,27,30,38H,1-3,11-16,19H2,(H,34,39). The van der Waals surface area contributed by atoms with Gasteiger partial charge in [-0.05, 0) is 61.3 Å². The summed E-state index contributed by atoms with van der Waals surface area (Å²) < 4.78 is 8.18. The van der Waals surface area contributed by atoms with Crippen LogP contribution in [-0.2, 0) is 9.53 Å². The molecule has 2 aromatic heterocycles. The lowest BCUT2D eigenvalue weighted by atomic mass is 10.0. The Hall–Kier alpha value is -3.86. The van der Waals surface area contributed by atoms with Gasteiger partial charge in [0.05, 0.1) is 25.2 Å². The molecule has 2 aliphatic rings. The highest BCUT2D eigenvalue weighted by Gasteiger charge is 2.31. The Morgan fingerprint density at radius 1 is 1.07 bits per heavy atom. The number of carbonyl (C=O) groups excluding carboxylic acids is 1. The second-order valence-electron chi connectivity index (χ2n) is 10.5. The quantitative estimate of drug-likeness (QED) is 0.345. The van der Waals surface area contributed by atoms with Crippen LogP contribution in [0.5, 0.6) is 5.75 Å². The van der Waals surface area contributed by atoms with Crippen molar-refractivity contribution in [3.05, 3.63) is 78.5 Å². The predicted molar refractivity (Wildman–Crippen MR) is 152 cm³/mol. The summed E-state index contributed by atoms with van der Waals surface area (Å²) in [6.07, 6.45) is 8.90. The first-order valence-corrected chi connectivity index (χ1v) is 14.0. The van der Waals surface area contributed by atoms with E-state index in [0.29, 0.717) is 26.1 Å². The molecule has 10 nitrogen and oxygen atoms in total. The van der Waals surface area contributed by atoms with E-state index in [1.807, 2.05) is 24.3 Å². The van der Waals surface area contributed by atoms with Gasteiger partial charge in [-0.2, -0.15) is 0 Å². The number of anilines is 1. The lowest BCUT2D eigenvalue weighted by molar-refractivity contribution is -0.116.